The first-order chi connectivity index (χ1) is 14.0. The van der Waals surface area contributed by atoms with E-state index in [9.17, 15) is 20.4 Å². The first-order valence-corrected chi connectivity index (χ1v) is 12.0. The Labute approximate surface area is 187 Å². The van der Waals surface area contributed by atoms with Crippen molar-refractivity contribution in [3.8, 4) is 0 Å². The SMILES string of the molecule is Cc1ccc(C(C)(C)C)c(C(O)C(CO)(CO)CO)c1C(C)(C)C.OP(O)OP(O)O. The van der Waals surface area contributed by atoms with Crippen molar-refractivity contribution in [2.24, 2.45) is 5.41 Å². The van der Waals surface area contributed by atoms with Crippen LogP contribution in [0.15, 0.2) is 12.1 Å². The van der Waals surface area contributed by atoms with E-state index in [1.54, 1.807) is 0 Å². The fraction of sp³-hybridized carbons (Fsp3) is 0.700. The Morgan fingerprint density at radius 1 is 0.806 bits per heavy atom. The van der Waals surface area contributed by atoms with Gasteiger partial charge in [0.15, 0.2) is 0 Å². The van der Waals surface area contributed by atoms with Gasteiger partial charge in [-0.05, 0) is 40.0 Å². The third-order valence-corrected chi connectivity index (χ3v) is 6.12. The molecule has 182 valence electrons. The highest BCUT2D eigenvalue weighted by atomic mass is 31.2. The summed E-state index contributed by atoms with van der Waals surface area (Å²) < 4.78 is 3.60. The Morgan fingerprint density at radius 2 is 1.23 bits per heavy atom. The van der Waals surface area contributed by atoms with Gasteiger partial charge in [0.2, 0.25) is 0 Å². The van der Waals surface area contributed by atoms with Crippen molar-refractivity contribution in [2.45, 2.75) is 65.4 Å². The molecule has 1 rings (SSSR count). The van der Waals surface area contributed by atoms with Gasteiger partial charge >= 0.3 is 17.2 Å². The zero-order valence-corrected chi connectivity index (χ0v) is 21.0. The van der Waals surface area contributed by atoms with Crippen LogP contribution in [-0.4, -0.2) is 59.8 Å². The number of hydrogen-bond acceptors (Lipinski definition) is 9. The van der Waals surface area contributed by atoms with Gasteiger partial charge in [-0.1, -0.05) is 53.7 Å². The average Bonchev–Trinajstić information content (AvgIpc) is 2.60. The summed E-state index contributed by atoms with van der Waals surface area (Å²) in [6, 6.07) is 4.05. The summed E-state index contributed by atoms with van der Waals surface area (Å²) in [6.07, 6.45) is -1.17. The van der Waals surface area contributed by atoms with Crippen molar-refractivity contribution in [3.63, 3.8) is 0 Å². The average molecular weight is 484 g/mol. The van der Waals surface area contributed by atoms with E-state index in [2.05, 4.69) is 51.9 Å². The maximum absolute atomic E-state index is 11.2. The lowest BCUT2D eigenvalue weighted by atomic mass is 9.68. The molecular formula is C20H38O9P2. The second-order valence-electron chi connectivity index (χ2n) is 9.55. The van der Waals surface area contributed by atoms with Crippen LogP contribution in [0, 0.1) is 12.3 Å². The Balaban J connectivity index is 0.00000110. The van der Waals surface area contributed by atoms with E-state index < -0.39 is 48.5 Å². The molecule has 0 heterocycles. The first kappa shape index (κ1) is 30.7. The minimum absolute atomic E-state index is 0.226. The lowest BCUT2D eigenvalue weighted by Gasteiger charge is -2.40. The third-order valence-electron chi connectivity index (χ3n) is 4.96. The van der Waals surface area contributed by atoms with Crippen molar-refractivity contribution < 1.29 is 44.3 Å². The molecule has 0 saturated carbocycles. The summed E-state index contributed by atoms with van der Waals surface area (Å²) >= 11 is 0. The molecule has 0 fully saturated rings. The van der Waals surface area contributed by atoms with Crippen molar-refractivity contribution >= 4 is 17.2 Å². The highest BCUT2D eigenvalue weighted by Gasteiger charge is 2.42. The third kappa shape index (κ3) is 8.54. The number of benzene rings is 1. The standard InChI is InChI=1S/C20H34O4.H4O5P2/c1-13-8-9-14(18(2,3)4)15(16(13)19(5,6)7)17(24)20(10-21,11-22)12-23;1-6(2)5-7(3)4/h8-9,17,21-24H,10-12H2,1-7H3;1-4H. The number of hydrogen-bond donors (Lipinski definition) is 8. The number of aryl methyl sites for hydroxylation is 1. The molecule has 0 aliphatic heterocycles. The minimum atomic E-state index is -2.61. The molecule has 0 saturated heterocycles. The molecule has 0 aliphatic carbocycles. The van der Waals surface area contributed by atoms with E-state index in [4.69, 9.17) is 19.6 Å². The Morgan fingerprint density at radius 3 is 1.48 bits per heavy atom. The van der Waals surface area contributed by atoms with Crippen LogP contribution in [0.5, 0.6) is 0 Å². The summed E-state index contributed by atoms with van der Waals surface area (Å²) in [5.41, 5.74) is 1.89. The summed E-state index contributed by atoms with van der Waals surface area (Å²) in [5, 5.41) is 40.5. The highest BCUT2D eigenvalue weighted by molar-refractivity contribution is 7.53. The number of aliphatic hydroxyl groups excluding tert-OH is 4. The van der Waals surface area contributed by atoms with E-state index in [1.807, 2.05) is 13.0 Å². The molecule has 31 heavy (non-hydrogen) atoms. The quantitative estimate of drug-likeness (QED) is 0.270. The molecule has 8 N–H and O–H groups in total. The Kier molecular flexibility index (Phi) is 12.1. The van der Waals surface area contributed by atoms with Crippen molar-refractivity contribution in [1.29, 1.82) is 0 Å². The largest absolute Gasteiger partial charge is 0.395 e. The predicted molar refractivity (Wildman–Crippen MR) is 121 cm³/mol. The predicted octanol–water partition coefficient (Wildman–Crippen LogP) is 2.01. The molecular weight excluding hydrogens is 446 g/mol. The topological polar surface area (TPSA) is 171 Å². The smallest absolute Gasteiger partial charge is 0.334 e. The second kappa shape index (κ2) is 12.3. The van der Waals surface area contributed by atoms with Crippen LogP contribution in [0.1, 0.15) is 69.9 Å². The molecule has 0 radical (unpaired) electrons. The zero-order chi connectivity index (χ0) is 24.8. The summed E-state index contributed by atoms with van der Waals surface area (Å²) in [6.45, 7) is 13.0. The van der Waals surface area contributed by atoms with E-state index in [1.165, 1.54) is 0 Å². The Bertz CT molecular complexity index is 664. The second-order valence-corrected chi connectivity index (χ2v) is 11.2. The van der Waals surface area contributed by atoms with Gasteiger partial charge in [-0.3, -0.25) is 0 Å². The van der Waals surface area contributed by atoms with Gasteiger partial charge in [0.05, 0.1) is 31.3 Å². The molecule has 1 aromatic carbocycles. The van der Waals surface area contributed by atoms with Crippen molar-refractivity contribution in [1.82, 2.24) is 0 Å². The van der Waals surface area contributed by atoms with Gasteiger partial charge in [-0.2, -0.15) is 0 Å². The fourth-order valence-electron chi connectivity index (χ4n) is 3.44. The summed E-state index contributed by atoms with van der Waals surface area (Å²) in [7, 11) is -5.22. The molecule has 0 aliphatic rings. The monoisotopic (exact) mass is 484 g/mol. The highest BCUT2D eigenvalue weighted by Crippen LogP contribution is 2.45. The van der Waals surface area contributed by atoms with E-state index in [0.29, 0.717) is 5.56 Å². The Hall–Kier alpha value is -0.280. The lowest BCUT2D eigenvalue weighted by molar-refractivity contribution is -0.0863. The fourth-order valence-corrected chi connectivity index (χ4v) is 3.97. The summed E-state index contributed by atoms with van der Waals surface area (Å²) in [4.78, 5) is 31.3. The van der Waals surface area contributed by atoms with Crippen LogP contribution in [0.2, 0.25) is 0 Å². The van der Waals surface area contributed by atoms with Crippen molar-refractivity contribution in [3.05, 3.63) is 34.4 Å². The molecule has 1 aromatic rings. The van der Waals surface area contributed by atoms with Crippen LogP contribution >= 0.6 is 17.2 Å². The summed E-state index contributed by atoms with van der Waals surface area (Å²) in [5.74, 6) is 0. The van der Waals surface area contributed by atoms with E-state index in [-0.39, 0.29) is 10.8 Å². The molecule has 9 nitrogen and oxygen atoms in total. The van der Waals surface area contributed by atoms with Gasteiger partial charge in [-0.25, -0.2) is 4.31 Å². The molecule has 0 amide bonds. The normalized spacial score (nSPS) is 14.0. The van der Waals surface area contributed by atoms with Crippen LogP contribution in [0.4, 0.5) is 0 Å². The van der Waals surface area contributed by atoms with Crippen LogP contribution in [-0.2, 0) is 15.1 Å². The minimum Gasteiger partial charge on any atom is -0.395 e. The van der Waals surface area contributed by atoms with Crippen LogP contribution < -0.4 is 0 Å². The number of rotatable bonds is 7. The zero-order valence-electron chi connectivity index (χ0n) is 19.2. The molecule has 1 unspecified atom stereocenters. The van der Waals surface area contributed by atoms with Gasteiger partial charge in [0.25, 0.3) is 0 Å². The lowest BCUT2D eigenvalue weighted by Crippen LogP contribution is -2.42. The number of aliphatic hydroxyl groups is 4. The maximum atomic E-state index is 11.2. The van der Waals surface area contributed by atoms with Crippen LogP contribution in [0.25, 0.3) is 0 Å². The van der Waals surface area contributed by atoms with Gasteiger partial charge < -0.3 is 40.0 Å². The van der Waals surface area contributed by atoms with E-state index >= 15 is 0 Å². The van der Waals surface area contributed by atoms with Gasteiger partial charge in [0.1, 0.15) is 0 Å². The first-order valence-electron chi connectivity index (χ1n) is 9.67. The van der Waals surface area contributed by atoms with Crippen molar-refractivity contribution in [2.75, 3.05) is 19.8 Å². The van der Waals surface area contributed by atoms with Crippen LogP contribution in [0.3, 0.4) is 0 Å². The maximum Gasteiger partial charge on any atom is 0.334 e. The molecule has 0 spiro atoms. The van der Waals surface area contributed by atoms with Gasteiger partial charge in [-0.15, -0.1) is 0 Å². The molecule has 0 aromatic heterocycles. The molecule has 11 heteroatoms. The van der Waals surface area contributed by atoms with E-state index in [0.717, 1.165) is 16.7 Å². The molecule has 1 atom stereocenters. The van der Waals surface area contributed by atoms with Gasteiger partial charge in [0, 0.05) is 0 Å². The molecule has 0 bridgehead atoms.